The minimum atomic E-state index is -0.716. The van der Waals surface area contributed by atoms with Crippen molar-refractivity contribution >= 4 is 5.97 Å². The Morgan fingerprint density at radius 3 is 2.44 bits per heavy atom. The Hall–Kier alpha value is -0.570. The fourth-order valence-corrected chi connectivity index (χ4v) is 2.52. The van der Waals surface area contributed by atoms with Crippen LogP contribution >= 0.6 is 0 Å². The van der Waals surface area contributed by atoms with Crippen molar-refractivity contribution in [3.8, 4) is 0 Å². The molecule has 1 rings (SSSR count). The van der Waals surface area contributed by atoms with E-state index in [0.717, 1.165) is 6.42 Å². The Bertz CT molecular complexity index is 228. The minimum Gasteiger partial charge on any atom is -0.480 e. The summed E-state index contributed by atoms with van der Waals surface area (Å²) >= 11 is 0. The Kier molecular flexibility index (Phi) is 5.26. The molecule has 0 aromatic heterocycles. The van der Waals surface area contributed by atoms with E-state index in [0.29, 0.717) is 12.0 Å². The third kappa shape index (κ3) is 3.78. The third-order valence-electron chi connectivity index (χ3n) is 3.69. The first-order chi connectivity index (χ1) is 7.52. The highest BCUT2D eigenvalue weighted by Gasteiger charge is 2.27. The third-order valence-corrected chi connectivity index (χ3v) is 3.69. The molecular weight excluding hydrogens is 202 g/mol. The SMILES string of the molecule is CC(C)C(NC1CCCCCC1C)C(=O)O. The van der Waals surface area contributed by atoms with Gasteiger partial charge in [0, 0.05) is 6.04 Å². The molecule has 1 aliphatic rings. The van der Waals surface area contributed by atoms with Gasteiger partial charge in [-0.3, -0.25) is 4.79 Å². The summed E-state index contributed by atoms with van der Waals surface area (Å²) in [5, 5.41) is 12.5. The molecule has 94 valence electrons. The molecule has 0 heterocycles. The van der Waals surface area contributed by atoms with Gasteiger partial charge in [-0.2, -0.15) is 0 Å². The number of aliphatic carboxylic acids is 1. The van der Waals surface area contributed by atoms with Crippen LogP contribution in [0.15, 0.2) is 0 Å². The molecule has 0 radical (unpaired) electrons. The van der Waals surface area contributed by atoms with E-state index in [1.54, 1.807) is 0 Å². The molecule has 0 aliphatic heterocycles. The van der Waals surface area contributed by atoms with Crippen LogP contribution in [0.5, 0.6) is 0 Å². The molecule has 0 aromatic rings. The molecule has 16 heavy (non-hydrogen) atoms. The van der Waals surface area contributed by atoms with E-state index in [-0.39, 0.29) is 5.92 Å². The summed E-state index contributed by atoms with van der Waals surface area (Å²) < 4.78 is 0. The van der Waals surface area contributed by atoms with Crippen molar-refractivity contribution < 1.29 is 9.90 Å². The van der Waals surface area contributed by atoms with Crippen molar-refractivity contribution in [2.24, 2.45) is 11.8 Å². The van der Waals surface area contributed by atoms with Crippen LogP contribution < -0.4 is 5.32 Å². The first kappa shape index (κ1) is 13.5. The van der Waals surface area contributed by atoms with Gasteiger partial charge >= 0.3 is 5.97 Å². The van der Waals surface area contributed by atoms with Crippen LogP contribution in [0.2, 0.25) is 0 Å². The molecule has 3 unspecified atom stereocenters. The van der Waals surface area contributed by atoms with E-state index in [1.165, 1.54) is 25.7 Å². The number of hydrogen-bond donors (Lipinski definition) is 2. The molecular formula is C13H25NO2. The molecule has 0 bridgehead atoms. The molecule has 1 saturated carbocycles. The van der Waals surface area contributed by atoms with E-state index in [9.17, 15) is 4.79 Å². The van der Waals surface area contributed by atoms with Crippen LogP contribution in [-0.2, 0) is 4.79 Å². The smallest absolute Gasteiger partial charge is 0.320 e. The number of carboxylic acids is 1. The molecule has 2 N–H and O–H groups in total. The Labute approximate surface area is 98.6 Å². The number of nitrogens with one attached hydrogen (secondary N) is 1. The first-order valence-electron chi connectivity index (χ1n) is 6.51. The van der Waals surface area contributed by atoms with Gasteiger partial charge < -0.3 is 10.4 Å². The van der Waals surface area contributed by atoms with E-state index in [2.05, 4.69) is 12.2 Å². The van der Waals surface area contributed by atoms with Crippen molar-refractivity contribution in [3.63, 3.8) is 0 Å². The minimum absolute atomic E-state index is 0.146. The summed E-state index contributed by atoms with van der Waals surface area (Å²) in [6, 6.07) is -0.0171. The van der Waals surface area contributed by atoms with Gasteiger partial charge in [-0.1, -0.05) is 40.0 Å². The summed E-state index contributed by atoms with van der Waals surface area (Å²) in [6.07, 6.45) is 6.16. The highest BCUT2D eigenvalue weighted by atomic mass is 16.4. The van der Waals surface area contributed by atoms with E-state index in [1.807, 2.05) is 13.8 Å². The Morgan fingerprint density at radius 1 is 1.25 bits per heavy atom. The van der Waals surface area contributed by atoms with Crippen LogP contribution in [0.3, 0.4) is 0 Å². The number of rotatable bonds is 4. The van der Waals surface area contributed by atoms with Crippen molar-refractivity contribution in [1.82, 2.24) is 5.32 Å². The molecule has 0 saturated heterocycles. The van der Waals surface area contributed by atoms with Gasteiger partial charge in [0.25, 0.3) is 0 Å². The molecule has 3 heteroatoms. The van der Waals surface area contributed by atoms with E-state index < -0.39 is 12.0 Å². The lowest BCUT2D eigenvalue weighted by atomic mass is 9.94. The molecule has 0 spiro atoms. The zero-order valence-corrected chi connectivity index (χ0v) is 10.7. The lowest BCUT2D eigenvalue weighted by Gasteiger charge is -2.28. The largest absolute Gasteiger partial charge is 0.480 e. The van der Waals surface area contributed by atoms with Gasteiger partial charge in [0.2, 0.25) is 0 Å². The quantitative estimate of drug-likeness (QED) is 0.726. The van der Waals surface area contributed by atoms with Gasteiger partial charge in [0.15, 0.2) is 0 Å². The number of carboxylic acid groups (broad SMARTS) is 1. The van der Waals surface area contributed by atoms with Gasteiger partial charge in [0.1, 0.15) is 6.04 Å². The lowest BCUT2D eigenvalue weighted by molar-refractivity contribution is -0.141. The zero-order valence-electron chi connectivity index (χ0n) is 10.7. The maximum Gasteiger partial charge on any atom is 0.320 e. The summed E-state index contributed by atoms with van der Waals surface area (Å²) in [4.78, 5) is 11.1. The van der Waals surface area contributed by atoms with Crippen molar-refractivity contribution in [2.45, 2.75) is 65.0 Å². The second kappa shape index (κ2) is 6.24. The summed E-state index contributed by atoms with van der Waals surface area (Å²) in [5.41, 5.74) is 0. The second-order valence-electron chi connectivity index (χ2n) is 5.45. The fourth-order valence-electron chi connectivity index (χ4n) is 2.52. The van der Waals surface area contributed by atoms with E-state index >= 15 is 0 Å². The fraction of sp³-hybridized carbons (Fsp3) is 0.923. The topological polar surface area (TPSA) is 49.3 Å². The van der Waals surface area contributed by atoms with Gasteiger partial charge in [0.05, 0.1) is 0 Å². The van der Waals surface area contributed by atoms with Crippen molar-refractivity contribution in [3.05, 3.63) is 0 Å². The standard InChI is InChI=1S/C13H25NO2/c1-9(2)12(13(15)16)14-11-8-6-4-5-7-10(11)3/h9-12,14H,4-8H2,1-3H3,(H,15,16). The number of carbonyl (C=O) groups is 1. The average Bonchev–Trinajstić information content (AvgIpc) is 2.39. The average molecular weight is 227 g/mol. The van der Waals surface area contributed by atoms with Crippen LogP contribution in [0.1, 0.15) is 52.9 Å². The maximum absolute atomic E-state index is 11.1. The second-order valence-corrected chi connectivity index (χ2v) is 5.45. The molecule has 1 fully saturated rings. The molecule has 0 amide bonds. The Morgan fingerprint density at radius 2 is 1.88 bits per heavy atom. The molecule has 0 aromatic carbocycles. The number of hydrogen-bond acceptors (Lipinski definition) is 2. The van der Waals surface area contributed by atoms with Crippen molar-refractivity contribution in [1.29, 1.82) is 0 Å². The summed E-state index contributed by atoms with van der Waals surface area (Å²) in [7, 11) is 0. The predicted octanol–water partition coefficient (Wildman–Crippen LogP) is 2.65. The van der Waals surface area contributed by atoms with E-state index in [4.69, 9.17) is 5.11 Å². The van der Waals surface area contributed by atoms with Crippen LogP contribution in [-0.4, -0.2) is 23.2 Å². The Balaban J connectivity index is 2.57. The first-order valence-corrected chi connectivity index (χ1v) is 6.51. The molecule has 1 aliphatic carbocycles. The monoisotopic (exact) mass is 227 g/mol. The summed E-state index contributed by atoms with van der Waals surface area (Å²) in [6.45, 7) is 6.17. The zero-order chi connectivity index (χ0) is 12.1. The van der Waals surface area contributed by atoms with Gasteiger partial charge in [-0.05, 0) is 24.7 Å². The van der Waals surface area contributed by atoms with Crippen molar-refractivity contribution in [2.75, 3.05) is 0 Å². The molecule has 3 atom stereocenters. The summed E-state index contributed by atoms with van der Waals surface area (Å²) in [5.74, 6) is 0.0301. The van der Waals surface area contributed by atoms with Gasteiger partial charge in [-0.15, -0.1) is 0 Å². The van der Waals surface area contributed by atoms with Gasteiger partial charge in [-0.25, -0.2) is 0 Å². The highest BCUT2D eigenvalue weighted by Crippen LogP contribution is 2.24. The predicted molar refractivity (Wildman–Crippen MR) is 65.4 cm³/mol. The normalized spacial score (nSPS) is 28.8. The van der Waals surface area contributed by atoms with Crippen LogP contribution in [0.25, 0.3) is 0 Å². The van der Waals surface area contributed by atoms with Crippen LogP contribution in [0.4, 0.5) is 0 Å². The maximum atomic E-state index is 11.1. The van der Waals surface area contributed by atoms with Crippen LogP contribution in [0, 0.1) is 11.8 Å². The lowest BCUT2D eigenvalue weighted by Crippen LogP contribution is -2.48. The highest BCUT2D eigenvalue weighted by molar-refractivity contribution is 5.73. The molecule has 3 nitrogen and oxygen atoms in total.